The zero-order valence-electron chi connectivity index (χ0n) is 12.1. The fraction of sp³-hybridized carbons (Fsp3) is 0.571. The quantitative estimate of drug-likeness (QED) is 0.635. The van der Waals surface area contributed by atoms with E-state index in [2.05, 4.69) is 5.32 Å². The van der Waals surface area contributed by atoms with Crippen molar-refractivity contribution in [3.8, 4) is 0 Å². The molecule has 0 fully saturated rings. The second-order valence-corrected chi connectivity index (χ2v) is 5.61. The van der Waals surface area contributed by atoms with Crippen molar-refractivity contribution < 1.29 is 9.31 Å². The molecule has 2 atom stereocenters. The average molecular weight is 303 g/mol. The number of nitrogens with one attached hydrogen (secondary N) is 1. The number of rotatable bonds is 6. The molecule has 20 heavy (non-hydrogen) atoms. The Labute approximate surface area is 123 Å². The Morgan fingerprint density at radius 3 is 2.45 bits per heavy atom. The van der Waals surface area contributed by atoms with Gasteiger partial charge < -0.3 is 5.32 Å². The highest BCUT2D eigenvalue weighted by atomic mass is 35.5. The van der Waals surface area contributed by atoms with Gasteiger partial charge in [-0.25, -0.2) is 4.39 Å². The van der Waals surface area contributed by atoms with Crippen molar-refractivity contribution >= 4 is 17.3 Å². The minimum absolute atomic E-state index is 0.000671. The van der Waals surface area contributed by atoms with Crippen LogP contribution in [0.2, 0.25) is 5.02 Å². The molecule has 0 radical (unpaired) electrons. The molecule has 0 saturated carbocycles. The van der Waals surface area contributed by atoms with Crippen molar-refractivity contribution in [2.75, 3.05) is 6.54 Å². The number of halogens is 2. The van der Waals surface area contributed by atoms with Crippen LogP contribution in [0, 0.1) is 21.8 Å². The number of nitro benzene ring substituents is 1. The van der Waals surface area contributed by atoms with Gasteiger partial charge in [0.2, 0.25) is 0 Å². The Hall–Kier alpha value is -1.20. The van der Waals surface area contributed by atoms with Crippen LogP contribution in [0.25, 0.3) is 0 Å². The molecule has 0 aliphatic carbocycles. The molecule has 1 aromatic rings. The van der Waals surface area contributed by atoms with Gasteiger partial charge in [0.15, 0.2) is 0 Å². The van der Waals surface area contributed by atoms with Crippen molar-refractivity contribution in [2.24, 2.45) is 5.92 Å². The molecule has 0 saturated heterocycles. The molecule has 4 nitrogen and oxygen atoms in total. The van der Waals surface area contributed by atoms with Crippen LogP contribution in [-0.2, 0) is 0 Å². The van der Waals surface area contributed by atoms with Gasteiger partial charge in [-0.2, -0.15) is 0 Å². The third-order valence-corrected chi connectivity index (χ3v) is 3.70. The zero-order chi connectivity index (χ0) is 15.4. The summed E-state index contributed by atoms with van der Waals surface area (Å²) in [7, 11) is 0. The summed E-state index contributed by atoms with van der Waals surface area (Å²) < 4.78 is 13.7. The van der Waals surface area contributed by atoms with E-state index in [-0.39, 0.29) is 28.6 Å². The van der Waals surface area contributed by atoms with Crippen molar-refractivity contribution in [2.45, 2.75) is 39.7 Å². The van der Waals surface area contributed by atoms with E-state index in [1.165, 1.54) is 6.07 Å². The van der Waals surface area contributed by atoms with E-state index in [1.54, 1.807) is 0 Å². The van der Waals surface area contributed by atoms with E-state index < -0.39 is 10.7 Å². The minimum atomic E-state index is -0.624. The molecule has 1 N–H and O–H groups in total. The average Bonchev–Trinajstić information content (AvgIpc) is 2.33. The monoisotopic (exact) mass is 302 g/mol. The number of hydrogen-bond acceptors (Lipinski definition) is 3. The second-order valence-electron chi connectivity index (χ2n) is 5.20. The number of benzene rings is 1. The first-order valence-corrected chi connectivity index (χ1v) is 7.04. The summed E-state index contributed by atoms with van der Waals surface area (Å²) in [6, 6.07) is 2.29. The summed E-state index contributed by atoms with van der Waals surface area (Å²) in [5, 5.41) is 14.2. The first kappa shape index (κ1) is 16.9. The number of likely N-dealkylation sites (N-methyl/N-ethyl adjacent to an activating group) is 1. The first-order valence-electron chi connectivity index (χ1n) is 6.66. The van der Waals surface area contributed by atoms with Crippen molar-refractivity contribution in [3.63, 3.8) is 0 Å². The largest absolute Gasteiger partial charge is 0.314 e. The van der Waals surface area contributed by atoms with Crippen molar-refractivity contribution in [1.82, 2.24) is 5.32 Å². The van der Waals surface area contributed by atoms with Gasteiger partial charge in [0.25, 0.3) is 5.69 Å². The summed E-state index contributed by atoms with van der Waals surface area (Å²) in [5.41, 5.74) is 0.264. The Kier molecular flexibility index (Phi) is 5.89. The molecule has 0 aliphatic heterocycles. The molecular weight excluding hydrogens is 283 g/mol. The lowest BCUT2D eigenvalue weighted by Crippen LogP contribution is -2.35. The maximum atomic E-state index is 13.7. The summed E-state index contributed by atoms with van der Waals surface area (Å²) >= 11 is 5.66. The summed E-state index contributed by atoms with van der Waals surface area (Å²) in [5.74, 6) is -0.660. The molecule has 0 aromatic heterocycles. The SMILES string of the molecule is CCNC(C)C(c1cc(F)c(Cl)cc1[N+](=O)[O-])C(C)C. The van der Waals surface area contributed by atoms with E-state index in [9.17, 15) is 14.5 Å². The molecule has 0 amide bonds. The van der Waals surface area contributed by atoms with Gasteiger partial charge in [-0.15, -0.1) is 0 Å². The maximum Gasteiger partial charge on any atom is 0.274 e. The molecule has 1 rings (SSSR count). The Morgan fingerprint density at radius 2 is 2.00 bits per heavy atom. The Bertz CT molecular complexity index is 494. The fourth-order valence-electron chi connectivity index (χ4n) is 2.63. The molecular formula is C14H20ClFN2O2. The molecule has 0 bridgehead atoms. The lowest BCUT2D eigenvalue weighted by Gasteiger charge is -2.28. The lowest BCUT2D eigenvalue weighted by atomic mass is 9.82. The molecule has 0 aliphatic rings. The highest BCUT2D eigenvalue weighted by Gasteiger charge is 2.30. The van der Waals surface area contributed by atoms with Gasteiger partial charge in [0, 0.05) is 23.6 Å². The molecule has 0 heterocycles. The van der Waals surface area contributed by atoms with Crippen LogP contribution in [0.5, 0.6) is 0 Å². The van der Waals surface area contributed by atoms with Crippen LogP contribution in [-0.4, -0.2) is 17.5 Å². The van der Waals surface area contributed by atoms with Gasteiger partial charge in [-0.1, -0.05) is 32.4 Å². The number of nitrogens with zero attached hydrogens (tertiary/aromatic N) is 1. The smallest absolute Gasteiger partial charge is 0.274 e. The van der Waals surface area contributed by atoms with Crippen LogP contribution in [0.3, 0.4) is 0 Å². The van der Waals surface area contributed by atoms with E-state index in [1.807, 2.05) is 27.7 Å². The number of nitro groups is 1. The first-order chi connectivity index (χ1) is 9.29. The van der Waals surface area contributed by atoms with Crippen LogP contribution in [0.15, 0.2) is 12.1 Å². The lowest BCUT2D eigenvalue weighted by molar-refractivity contribution is -0.385. The Balaban J connectivity index is 3.38. The van der Waals surface area contributed by atoms with E-state index >= 15 is 0 Å². The third-order valence-electron chi connectivity index (χ3n) is 3.41. The molecule has 2 unspecified atom stereocenters. The normalized spacial score (nSPS) is 14.3. The van der Waals surface area contributed by atoms with E-state index in [4.69, 9.17) is 11.6 Å². The Morgan fingerprint density at radius 1 is 1.40 bits per heavy atom. The zero-order valence-corrected chi connectivity index (χ0v) is 12.9. The molecule has 1 aromatic carbocycles. The standard InChI is InChI=1S/C14H20ClFN2O2/c1-5-17-9(4)14(8(2)3)10-6-12(16)11(15)7-13(10)18(19)20/h6-9,14,17H,5H2,1-4H3. The van der Waals surface area contributed by atoms with Crippen LogP contribution >= 0.6 is 11.6 Å². The molecule has 112 valence electrons. The predicted molar refractivity (Wildman–Crippen MR) is 78.8 cm³/mol. The van der Waals surface area contributed by atoms with Crippen LogP contribution in [0.1, 0.15) is 39.2 Å². The topological polar surface area (TPSA) is 55.2 Å². The number of hydrogen-bond donors (Lipinski definition) is 1. The van der Waals surface area contributed by atoms with Crippen molar-refractivity contribution in [1.29, 1.82) is 0 Å². The van der Waals surface area contributed by atoms with Gasteiger partial charge in [0.05, 0.1) is 9.95 Å². The van der Waals surface area contributed by atoms with E-state index in [0.717, 1.165) is 12.6 Å². The second kappa shape index (κ2) is 6.99. The van der Waals surface area contributed by atoms with Gasteiger partial charge in [0.1, 0.15) is 5.82 Å². The maximum absolute atomic E-state index is 13.7. The fourth-order valence-corrected chi connectivity index (χ4v) is 2.79. The minimum Gasteiger partial charge on any atom is -0.314 e. The van der Waals surface area contributed by atoms with Gasteiger partial charge >= 0.3 is 0 Å². The van der Waals surface area contributed by atoms with Crippen molar-refractivity contribution in [3.05, 3.63) is 38.7 Å². The predicted octanol–water partition coefficient (Wildman–Crippen LogP) is 4.12. The molecule has 6 heteroatoms. The van der Waals surface area contributed by atoms with Gasteiger partial charge in [-0.05, 0) is 25.5 Å². The van der Waals surface area contributed by atoms with Crippen LogP contribution < -0.4 is 5.32 Å². The summed E-state index contributed by atoms with van der Waals surface area (Å²) in [6.45, 7) is 8.59. The van der Waals surface area contributed by atoms with Gasteiger partial charge in [-0.3, -0.25) is 10.1 Å². The molecule has 0 spiro atoms. The highest BCUT2D eigenvalue weighted by Crippen LogP contribution is 2.37. The van der Waals surface area contributed by atoms with E-state index in [0.29, 0.717) is 5.56 Å². The summed E-state index contributed by atoms with van der Waals surface area (Å²) in [4.78, 5) is 10.7. The van der Waals surface area contributed by atoms with Crippen LogP contribution in [0.4, 0.5) is 10.1 Å². The third kappa shape index (κ3) is 3.67. The summed E-state index contributed by atoms with van der Waals surface area (Å²) in [6.07, 6.45) is 0. The highest BCUT2D eigenvalue weighted by molar-refractivity contribution is 6.31.